The monoisotopic (exact) mass is 334 g/mol. The van der Waals surface area contributed by atoms with Crippen LogP contribution in [-0.4, -0.2) is 36.5 Å². The lowest BCUT2D eigenvalue weighted by Gasteiger charge is -2.17. The van der Waals surface area contributed by atoms with Gasteiger partial charge in [-0.2, -0.15) is 5.10 Å². The molecule has 0 saturated heterocycles. The first-order chi connectivity index (χ1) is 11.6. The molecule has 0 saturated carbocycles. The van der Waals surface area contributed by atoms with Crippen molar-refractivity contribution < 1.29 is 24.0 Å². The maximum Gasteiger partial charge on any atom is 0.341 e. The fourth-order valence-corrected chi connectivity index (χ4v) is 3.05. The van der Waals surface area contributed by atoms with Crippen molar-refractivity contribution in [3.05, 3.63) is 52.1 Å². The molecule has 2 N–H and O–H groups in total. The molecular formula is C17H21FN3O3+. The van der Waals surface area contributed by atoms with E-state index in [4.69, 9.17) is 9.47 Å². The van der Waals surface area contributed by atoms with Crippen molar-refractivity contribution in [3.8, 4) is 0 Å². The van der Waals surface area contributed by atoms with Crippen LogP contribution >= 0.6 is 0 Å². The van der Waals surface area contributed by atoms with Gasteiger partial charge in [0.1, 0.15) is 17.9 Å². The molecular weight excluding hydrogens is 313 g/mol. The Morgan fingerprint density at radius 3 is 2.96 bits per heavy atom. The maximum atomic E-state index is 14.4. The summed E-state index contributed by atoms with van der Waals surface area (Å²) < 4.78 is 25.9. The summed E-state index contributed by atoms with van der Waals surface area (Å²) in [7, 11) is 2.85. The van der Waals surface area contributed by atoms with Crippen LogP contribution in [0, 0.1) is 5.82 Å². The van der Waals surface area contributed by atoms with E-state index in [0.29, 0.717) is 16.8 Å². The number of carbonyl (C=O) groups excluding carboxylic acids is 1. The van der Waals surface area contributed by atoms with Gasteiger partial charge in [-0.25, -0.2) is 9.18 Å². The molecule has 1 aromatic heterocycles. The molecule has 0 fully saturated rings. The van der Waals surface area contributed by atoms with Gasteiger partial charge in [-0.15, -0.1) is 0 Å². The van der Waals surface area contributed by atoms with Gasteiger partial charge in [0.25, 0.3) is 0 Å². The van der Waals surface area contributed by atoms with Crippen molar-refractivity contribution in [1.82, 2.24) is 9.78 Å². The minimum Gasteiger partial charge on any atom is -0.465 e. The van der Waals surface area contributed by atoms with Gasteiger partial charge in [-0.05, 0) is 17.7 Å². The first-order valence-corrected chi connectivity index (χ1v) is 7.87. The van der Waals surface area contributed by atoms with Crippen LogP contribution in [0.1, 0.15) is 32.7 Å². The van der Waals surface area contributed by atoms with E-state index in [1.165, 1.54) is 20.4 Å². The standard InChI is InChI=1S/C17H20FN3O3/c1-23-10-16-14(17(22)24-2)8-20-21(16)9-13-5-12-7-19-4-3-11(12)6-15(13)18/h5-6,8,19H,3-4,7,9-10H2,1-2H3/p+1. The second-order valence-electron chi connectivity index (χ2n) is 5.83. The van der Waals surface area contributed by atoms with Gasteiger partial charge in [-0.1, -0.05) is 0 Å². The maximum absolute atomic E-state index is 14.4. The Labute approximate surface area is 139 Å². The van der Waals surface area contributed by atoms with Gasteiger partial charge in [-0.3, -0.25) is 4.68 Å². The smallest absolute Gasteiger partial charge is 0.341 e. The van der Waals surface area contributed by atoms with Crippen molar-refractivity contribution in [2.24, 2.45) is 0 Å². The molecule has 0 atom stereocenters. The molecule has 1 aromatic carbocycles. The van der Waals surface area contributed by atoms with Crippen molar-refractivity contribution in [2.45, 2.75) is 26.1 Å². The molecule has 128 valence electrons. The molecule has 24 heavy (non-hydrogen) atoms. The molecule has 1 aliphatic rings. The van der Waals surface area contributed by atoms with E-state index in [2.05, 4.69) is 10.4 Å². The summed E-state index contributed by atoms with van der Waals surface area (Å²) in [6.07, 6.45) is 2.32. The second-order valence-corrected chi connectivity index (χ2v) is 5.83. The van der Waals surface area contributed by atoms with Crippen LogP contribution in [-0.2, 0) is 35.6 Å². The highest BCUT2D eigenvalue weighted by Gasteiger charge is 2.20. The third-order valence-electron chi connectivity index (χ3n) is 4.31. The lowest BCUT2D eigenvalue weighted by Crippen LogP contribution is -2.84. The molecule has 2 aromatic rings. The van der Waals surface area contributed by atoms with E-state index in [0.717, 1.165) is 30.6 Å². The van der Waals surface area contributed by atoms with Gasteiger partial charge < -0.3 is 14.8 Å². The van der Waals surface area contributed by atoms with Crippen LogP contribution in [0.5, 0.6) is 0 Å². The summed E-state index contributed by atoms with van der Waals surface area (Å²) in [5.74, 6) is -0.719. The normalized spacial score (nSPS) is 13.6. The Morgan fingerprint density at radius 1 is 1.38 bits per heavy atom. The molecule has 3 rings (SSSR count). The van der Waals surface area contributed by atoms with E-state index in [1.807, 2.05) is 6.07 Å². The van der Waals surface area contributed by atoms with E-state index < -0.39 is 5.97 Å². The number of hydrogen-bond donors (Lipinski definition) is 1. The SMILES string of the molecule is COCc1c(C(=O)OC)cnn1Cc1cc2c(cc1F)CC[NH2+]C2. The van der Waals surface area contributed by atoms with Gasteiger partial charge >= 0.3 is 5.97 Å². The fraction of sp³-hybridized carbons (Fsp3) is 0.412. The Balaban J connectivity index is 1.93. The van der Waals surface area contributed by atoms with E-state index in [9.17, 15) is 9.18 Å². The number of carbonyl (C=O) groups is 1. The third kappa shape index (κ3) is 3.18. The number of nitrogens with zero attached hydrogens (tertiary/aromatic N) is 2. The number of benzene rings is 1. The Morgan fingerprint density at radius 2 is 2.21 bits per heavy atom. The van der Waals surface area contributed by atoms with Gasteiger partial charge in [0.05, 0.1) is 38.7 Å². The van der Waals surface area contributed by atoms with E-state index in [-0.39, 0.29) is 19.0 Å². The average molecular weight is 334 g/mol. The van der Waals surface area contributed by atoms with Crippen LogP contribution in [0.25, 0.3) is 0 Å². The zero-order valence-corrected chi connectivity index (χ0v) is 13.8. The molecule has 7 heteroatoms. The predicted octanol–water partition coefficient (Wildman–Crippen LogP) is 0.623. The summed E-state index contributed by atoms with van der Waals surface area (Å²) in [4.78, 5) is 11.8. The molecule has 0 aliphatic carbocycles. The van der Waals surface area contributed by atoms with Crippen LogP contribution in [0.4, 0.5) is 4.39 Å². The summed E-state index contributed by atoms with van der Waals surface area (Å²) in [5.41, 5.74) is 3.71. The molecule has 0 unspecified atom stereocenters. The Kier molecular flexibility index (Phi) is 4.92. The largest absolute Gasteiger partial charge is 0.465 e. The van der Waals surface area contributed by atoms with Crippen molar-refractivity contribution in [1.29, 1.82) is 0 Å². The number of nitrogens with two attached hydrogens (primary N) is 1. The highest BCUT2D eigenvalue weighted by molar-refractivity contribution is 5.90. The quantitative estimate of drug-likeness (QED) is 0.814. The number of hydrogen-bond acceptors (Lipinski definition) is 4. The van der Waals surface area contributed by atoms with Crippen molar-refractivity contribution >= 4 is 5.97 Å². The summed E-state index contributed by atoms with van der Waals surface area (Å²) in [6.45, 7) is 2.30. The second kappa shape index (κ2) is 7.11. The molecule has 0 radical (unpaired) electrons. The lowest BCUT2D eigenvalue weighted by molar-refractivity contribution is -0.673. The van der Waals surface area contributed by atoms with Gasteiger partial charge in [0, 0.05) is 24.7 Å². The molecule has 2 heterocycles. The van der Waals surface area contributed by atoms with E-state index in [1.54, 1.807) is 10.7 Å². The molecule has 0 amide bonds. The van der Waals surface area contributed by atoms with Crippen molar-refractivity contribution in [3.63, 3.8) is 0 Å². The Hall–Kier alpha value is -2.25. The topological polar surface area (TPSA) is 70.0 Å². The number of methoxy groups -OCH3 is 2. The minimum absolute atomic E-state index is 0.199. The van der Waals surface area contributed by atoms with Crippen LogP contribution < -0.4 is 5.32 Å². The number of rotatable bonds is 5. The third-order valence-corrected chi connectivity index (χ3v) is 4.31. The van der Waals surface area contributed by atoms with Gasteiger partial charge in [0.2, 0.25) is 0 Å². The summed E-state index contributed by atoms with van der Waals surface area (Å²) in [5, 5.41) is 6.43. The van der Waals surface area contributed by atoms with Gasteiger partial charge in [0.15, 0.2) is 0 Å². The number of ether oxygens (including phenoxy) is 2. The lowest BCUT2D eigenvalue weighted by atomic mass is 9.98. The first-order valence-electron chi connectivity index (χ1n) is 7.87. The van der Waals surface area contributed by atoms with Crippen LogP contribution in [0.15, 0.2) is 18.3 Å². The number of quaternary nitrogens is 1. The van der Waals surface area contributed by atoms with Crippen LogP contribution in [0.3, 0.4) is 0 Å². The Bertz CT molecular complexity index is 758. The predicted molar refractivity (Wildman–Crippen MR) is 84.0 cm³/mol. The number of halogens is 1. The minimum atomic E-state index is -0.478. The highest BCUT2D eigenvalue weighted by atomic mass is 19.1. The zero-order chi connectivity index (χ0) is 17.1. The zero-order valence-electron chi connectivity index (χ0n) is 13.8. The van der Waals surface area contributed by atoms with Crippen molar-refractivity contribution in [2.75, 3.05) is 20.8 Å². The number of aromatic nitrogens is 2. The molecule has 0 bridgehead atoms. The van der Waals surface area contributed by atoms with Crippen LogP contribution in [0.2, 0.25) is 0 Å². The summed E-state index contributed by atoms with van der Waals surface area (Å²) in [6, 6.07) is 3.52. The number of fused-ring (bicyclic) bond motifs is 1. The molecule has 6 nitrogen and oxygen atoms in total. The number of esters is 1. The molecule has 1 aliphatic heterocycles. The average Bonchev–Trinajstić information content (AvgIpc) is 2.98. The first kappa shape index (κ1) is 16.6. The van der Waals surface area contributed by atoms with E-state index >= 15 is 0 Å². The summed E-state index contributed by atoms with van der Waals surface area (Å²) >= 11 is 0. The highest BCUT2D eigenvalue weighted by Crippen LogP contribution is 2.20. The fourth-order valence-electron chi connectivity index (χ4n) is 3.05. The molecule has 0 spiro atoms.